The van der Waals surface area contributed by atoms with E-state index in [4.69, 9.17) is 0 Å². The fraction of sp³-hybridized carbons (Fsp3) is 0.900. The molecule has 0 spiro atoms. The normalized spacial score (nSPS) is 15.6. The zero-order valence-electron chi connectivity index (χ0n) is 9.33. The molecule has 0 saturated carbocycles. The van der Waals surface area contributed by atoms with Crippen molar-refractivity contribution in [3.63, 3.8) is 0 Å². The summed E-state index contributed by atoms with van der Waals surface area (Å²) in [4.78, 5) is 0. The summed E-state index contributed by atoms with van der Waals surface area (Å²) in [5.74, 6) is 0.689. The van der Waals surface area contributed by atoms with E-state index in [-0.39, 0.29) is 4.75 Å². The third kappa shape index (κ3) is 7.08. The van der Waals surface area contributed by atoms with Crippen LogP contribution in [0, 0.1) is 5.92 Å². The van der Waals surface area contributed by atoms with Crippen molar-refractivity contribution in [2.75, 3.05) is 0 Å². The Balaban J connectivity index is 3.72. The van der Waals surface area contributed by atoms with Crippen LogP contribution in [0.3, 0.4) is 0 Å². The summed E-state index contributed by atoms with van der Waals surface area (Å²) in [6.07, 6.45) is 3.84. The molecule has 1 unspecified atom stereocenters. The van der Waals surface area contributed by atoms with Gasteiger partial charge >= 0.3 is 0 Å². The summed E-state index contributed by atoms with van der Waals surface area (Å²) >= 11 is -1.08. The molecule has 2 nitrogen and oxygen atoms in total. The topological polar surface area (TPSA) is 35.4 Å². The molecule has 0 radical (unpaired) electrons. The summed E-state index contributed by atoms with van der Waals surface area (Å²) in [5, 5.41) is 0. The molecule has 0 aliphatic rings. The van der Waals surface area contributed by atoms with Crippen molar-refractivity contribution < 1.29 is 4.55 Å². The lowest BCUT2D eigenvalue weighted by Gasteiger charge is -2.17. The van der Waals surface area contributed by atoms with E-state index in [1.54, 1.807) is 6.21 Å². The van der Waals surface area contributed by atoms with E-state index in [0.717, 1.165) is 12.8 Å². The minimum absolute atomic E-state index is 0.228. The van der Waals surface area contributed by atoms with Crippen molar-refractivity contribution in [2.45, 2.75) is 52.2 Å². The largest absolute Gasteiger partial charge is 0.591 e. The molecule has 0 bridgehead atoms. The van der Waals surface area contributed by atoms with Crippen LogP contribution in [0.25, 0.3) is 0 Å². The van der Waals surface area contributed by atoms with Crippen molar-refractivity contribution in [1.29, 1.82) is 0 Å². The Hall–Kier alpha value is -0.0200. The van der Waals surface area contributed by atoms with Crippen LogP contribution < -0.4 is 0 Å². The van der Waals surface area contributed by atoms with E-state index in [2.05, 4.69) is 18.2 Å². The van der Waals surface area contributed by atoms with Gasteiger partial charge in [-0.25, -0.2) is 0 Å². The van der Waals surface area contributed by atoms with Crippen LogP contribution in [0.4, 0.5) is 0 Å². The predicted octanol–water partition coefficient (Wildman–Crippen LogP) is 2.96. The van der Waals surface area contributed by atoms with Crippen molar-refractivity contribution in [3.8, 4) is 0 Å². The molecule has 0 saturated heterocycles. The standard InChI is InChI=1S/C10H21NOS/c1-9(2)7-6-8-11-13(12)10(3,4)5/h8-9H,6-7H2,1-5H3/b11-8+. The molecule has 0 N–H and O–H groups in total. The van der Waals surface area contributed by atoms with Crippen LogP contribution in [0.15, 0.2) is 4.40 Å². The van der Waals surface area contributed by atoms with Gasteiger partial charge in [0.2, 0.25) is 0 Å². The van der Waals surface area contributed by atoms with Gasteiger partial charge in [-0.1, -0.05) is 18.2 Å². The van der Waals surface area contributed by atoms with Gasteiger partial charge in [-0.15, -0.1) is 0 Å². The van der Waals surface area contributed by atoms with Crippen LogP contribution in [-0.2, 0) is 11.4 Å². The summed E-state index contributed by atoms with van der Waals surface area (Å²) < 4.78 is 15.2. The summed E-state index contributed by atoms with van der Waals surface area (Å²) in [5.41, 5.74) is 0. The van der Waals surface area contributed by atoms with Crippen LogP contribution in [0.5, 0.6) is 0 Å². The van der Waals surface area contributed by atoms with Crippen LogP contribution in [-0.4, -0.2) is 15.5 Å². The molecule has 0 rings (SSSR count). The Labute approximate surface area is 85.1 Å². The molecule has 3 heteroatoms. The van der Waals surface area contributed by atoms with Gasteiger partial charge in [0.05, 0.1) is 6.21 Å². The number of hydrogen-bond donors (Lipinski definition) is 0. The fourth-order valence-corrected chi connectivity index (χ4v) is 1.24. The molecule has 0 aliphatic carbocycles. The fourth-order valence-electron chi connectivity index (χ4n) is 0.686. The highest BCUT2D eigenvalue weighted by molar-refractivity contribution is 7.91. The second-order valence-corrected chi connectivity index (χ2v) is 6.55. The van der Waals surface area contributed by atoms with E-state index in [1.807, 2.05) is 20.8 Å². The molecule has 0 aromatic rings. The predicted molar refractivity (Wildman–Crippen MR) is 60.5 cm³/mol. The van der Waals surface area contributed by atoms with Crippen LogP contribution in [0.2, 0.25) is 0 Å². The van der Waals surface area contributed by atoms with Crippen molar-refractivity contribution in [2.24, 2.45) is 10.3 Å². The lowest BCUT2D eigenvalue weighted by molar-refractivity contribution is 0.561. The van der Waals surface area contributed by atoms with E-state index in [0.29, 0.717) is 5.92 Å². The molecule has 0 aromatic heterocycles. The molecule has 0 heterocycles. The van der Waals surface area contributed by atoms with Gasteiger partial charge in [0, 0.05) is 0 Å². The second kappa shape index (κ2) is 5.66. The quantitative estimate of drug-likeness (QED) is 0.511. The highest BCUT2D eigenvalue weighted by Crippen LogP contribution is 2.16. The Bertz CT molecular complexity index is 161. The zero-order valence-corrected chi connectivity index (χ0v) is 10.1. The summed E-state index contributed by atoms with van der Waals surface area (Å²) in [6, 6.07) is 0. The molecule has 0 aromatic carbocycles. The van der Waals surface area contributed by atoms with Crippen molar-refractivity contribution >= 4 is 17.6 Å². The molecule has 78 valence electrons. The average molecular weight is 203 g/mol. The smallest absolute Gasteiger partial charge is 0.144 e. The van der Waals surface area contributed by atoms with Crippen LogP contribution >= 0.6 is 0 Å². The number of nitrogens with zero attached hydrogens (tertiary/aromatic N) is 1. The van der Waals surface area contributed by atoms with E-state index >= 15 is 0 Å². The molecular formula is C10H21NOS. The molecule has 0 fully saturated rings. The van der Waals surface area contributed by atoms with Crippen molar-refractivity contribution in [1.82, 2.24) is 0 Å². The van der Waals surface area contributed by atoms with Gasteiger partial charge < -0.3 is 4.55 Å². The molecule has 13 heavy (non-hydrogen) atoms. The maximum Gasteiger partial charge on any atom is 0.144 e. The first-order valence-electron chi connectivity index (χ1n) is 4.78. The molecule has 1 atom stereocenters. The van der Waals surface area contributed by atoms with Crippen LogP contribution in [0.1, 0.15) is 47.5 Å². The van der Waals surface area contributed by atoms with E-state index in [1.165, 1.54) is 0 Å². The lowest BCUT2D eigenvalue weighted by Crippen LogP contribution is -2.25. The Kier molecular flexibility index (Phi) is 5.65. The SMILES string of the molecule is CC(C)CC/C=N/[S+]([O-])C(C)(C)C. The highest BCUT2D eigenvalue weighted by atomic mass is 32.2. The third-order valence-corrected chi connectivity index (χ3v) is 2.96. The van der Waals surface area contributed by atoms with Gasteiger partial charge in [-0.3, -0.25) is 0 Å². The second-order valence-electron chi connectivity index (χ2n) is 4.62. The Morgan fingerprint density at radius 1 is 1.38 bits per heavy atom. The maximum atomic E-state index is 11.4. The molecule has 0 aliphatic heterocycles. The minimum Gasteiger partial charge on any atom is -0.591 e. The van der Waals surface area contributed by atoms with E-state index < -0.39 is 11.4 Å². The first-order chi connectivity index (χ1) is 5.84. The lowest BCUT2D eigenvalue weighted by atomic mass is 10.1. The van der Waals surface area contributed by atoms with Gasteiger partial charge in [-0.2, -0.15) is 0 Å². The molecular weight excluding hydrogens is 182 g/mol. The Morgan fingerprint density at radius 3 is 2.31 bits per heavy atom. The van der Waals surface area contributed by atoms with Gasteiger partial charge in [0.15, 0.2) is 0 Å². The third-order valence-electron chi connectivity index (χ3n) is 1.57. The van der Waals surface area contributed by atoms with Crippen molar-refractivity contribution in [3.05, 3.63) is 0 Å². The average Bonchev–Trinajstić information content (AvgIpc) is 1.95. The van der Waals surface area contributed by atoms with Gasteiger partial charge in [-0.05, 0) is 39.5 Å². The number of rotatable bonds is 4. The first-order valence-corrected chi connectivity index (χ1v) is 5.89. The monoisotopic (exact) mass is 203 g/mol. The molecule has 0 amide bonds. The number of hydrogen-bond acceptors (Lipinski definition) is 2. The maximum absolute atomic E-state index is 11.4. The van der Waals surface area contributed by atoms with Gasteiger partial charge in [0.25, 0.3) is 0 Å². The van der Waals surface area contributed by atoms with Gasteiger partial charge in [0.1, 0.15) is 16.1 Å². The first kappa shape index (κ1) is 13.0. The summed E-state index contributed by atoms with van der Waals surface area (Å²) in [6.45, 7) is 10.2. The Morgan fingerprint density at radius 2 is 1.92 bits per heavy atom. The highest BCUT2D eigenvalue weighted by Gasteiger charge is 2.25. The summed E-state index contributed by atoms with van der Waals surface area (Å²) in [7, 11) is 0. The van der Waals surface area contributed by atoms with E-state index in [9.17, 15) is 4.55 Å². The minimum atomic E-state index is -1.08. The zero-order chi connectivity index (χ0) is 10.5.